The molecule has 0 aromatic heterocycles. The Morgan fingerprint density at radius 3 is 2.28 bits per heavy atom. The summed E-state index contributed by atoms with van der Waals surface area (Å²) >= 11 is 0. The maximum atomic E-state index is 3.81. The topological polar surface area (TPSA) is 0 Å². The standard InChI is InChI=1S/C18H26/c1-6-7-8-14-9-10-15-16(13-14)18(4,5)12-11-17(15,2)3/h6,9-10,13H,1,7-8,11-12H2,2-5H3. The lowest BCUT2D eigenvalue weighted by Crippen LogP contribution is -2.33. The molecule has 0 bridgehead atoms. The van der Waals surface area contributed by atoms with Gasteiger partial charge in [-0.1, -0.05) is 52.0 Å². The number of benzene rings is 1. The van der Waals surface area contributed by atoms with Gasteiger partial charge in [0.05, 0.1) is 0 Å². The van der Waals surface area contributed by atoms with E-state index in [0.29, 0.717) is 10.8 Å². The van der Waals surface area contributed by atoms with E-state index in [-0.39, 0.29) is 0 Å². The molecule has 0 aliphatic heterocycles. The summed E-state index contributed by atoms with van der Waals surface area (Å²) in [6.45, 7) is 13.3. The molecule has 2 rings (SSSR count). The molecule has 0 saturated heterocycles. The fourth-order valence-corrected chi connectivity index (χ4v) is 3.06. The van der Waals surface area contributed by atoms with Crippen molar-refractivity contribution in [2.45, 2.75) is 64.2 Å². The Hall–Kier alpha value is -1.04. The average molecular weight is 242 g/mol. The molecule has 18 heavy (non-hydrogen) atoms. The van der Waals surface area contributed by atoms with Crippen molar-refractivity contribution in [1.29, 1.82) is 0 Å². The molecular weight excluding hydrogens is 216 g/mol. The molecule has 1 aromatic rings. The first-order chi connectivity index (χ1) is 8.37. The van der Waals surface area contributed by atoms with Gasteiger partial charge in [0.1, 0.15) is 0 Å². The van der Waals surface area contributed by atoms with E-state index in [0.717, 1.165) is 12.8 Å². The zero-order valence-electron chi connectivity index (χ0n) is 12.3. The van der Waals surface area contributed by atoms with Crippen LogP contribution >= 0.6 is 0 Å². The monoisotopic (exact) mass is 242 g/mol. The van der Waals surface area contributed by atoms with Crippen LogP contribution in [0.4, 0.5) is 0 Å². The van der Waals surface area contributed by atoms with Gasteiger partial charge in [0.15, 0.2) is 0 Å². The molecule has 0 amide bonds. The first-order valence-corrected chi connectivity index (χ1v) is 7.12. The van der Waals surface area contributed by atoms with Gasteiger partial charge in [-0.2, -0.15) is 0 Å². The second-order valence-corrected chi connectivity index (χ2v) is 6.98. The van der Waals surface area contributed by atoms with E-state index >= 15 is 0 Å². The van der Waals surface area contributed by atoms with E-state index in [1.165, 1.54) is 18.4 Å². The van der Waals surface area contributed by atoms with Crippen molar-refractivity contribution in [2.24, 2.45) is 0 Å². The minimum absolute atomic E-state index is 0.328. The van der Waals surface area contributed by atoms with Crippen LogP contribution in [0.15, 0.2) is 30.9 Å². The second-order valence-electron chi connectivity index (χ2n) is 6.98. The van der Waals surface area contributed by atoms with E-state index in [2.05, 4.69) is 52.5 Å². The van der Waals surface area contributed by atoms with Crippen LogP contribution in [0, 0.1) is 0 Å². The summed E-state index contributed by atoms with van der Waals surface area (Å²) in [6, 6.07) is 7.12. The van der Waals surface area contributed by atoms with E-state index in [9.17, 15) is 0 Å². The number of rotatable bonds is 3. The Morgan fingerprint density at radius 1 is 1.06 bits per heavy atom. The summed E-state index contributed by atoms with van der Waals surface area (Å²) in [5.74, 6) is 0. The highest BCUT2D eigenvalue weighted by Crippen LogP contribution is 2.45. The lowest BCUT2D eigenvalue weighted by atomic mass is 9.63. The SMILES string of the molecule is C=CCCc1ccc2c(c1)C(C)(C)CCC2(C)C. The Bertz CT molecular complexity index is 449. The highest BCUT2D eigenvalue weighted by atomic mass is 14.4. The van der Waals surface area contributed by atoms with E-state index in [1.54, 1.807) is 11.1 Å². The van der Waals surface area contributed by atoms with Gasteiger partial charge in [-0.05, 0) is 53.2 Å². The fraction of sp³-hybridized carbons (Fsp3) is 0.556. The number of hydrogen-bond donors (Lipinski definition) is 0. The molecule has 0 atom stereocenters. The normalized spacial score (nSPS) is 20.2. The molecule has 1 aromatic carbocycles. The van der Waals surface area contributed by atoms with Gasteiger partial charge in [-0.25, -0.2) is 0 Å². The largest absolute Gasteiger partial charge is 0.103 e. The molecule has 0 nitrogen and oxygen atoms in total. The quantitative estimate of drug-likeness (QED) is 0.643. The highest BCUT2D eigenvalue weighted by Gasteiger charge is 2.36. The molecule has 1 aliphatic carbocycles. The summed E-state index contributed by atoms with van der Waals surface area (Å²) in [4.78, 5) is 0. The Kier molecular flexibility index (Phi) is 3.40. The maximum absolute atomic E-state index is 3.81. The van der Waals surface area contributed by atoms with Crippen LogP contribution in [0.25, 0.3) is 0 Å². The molecule has 0 fully saturated rings. The zero-order chi connectivity index (χ0) is 13.4. The number of hydrogen-bond acceptors (Lipinski definition) is 0. The van der Waals surface area contributed by atoms with Crippen LogP contribution in [0.1, 0.15) is 63.6 Å². The summed E-state index contributed by atoms with van der Waals surface area (Å²) < 4.78 is 0. The highest BCUT2D eigenvalue weighted by molar-refractivity contribution is 5.43. The molecule has 1 aliphatic rings. The molecule has 0 radical (unpaired) electrons. The third-order valence-corrected chi connectivity index (χ3v) is 4.55. The lowest BCUT2D eigenvalue weighted by molar-refractivity contribution is 0.331. The van der Waals surface area contributed by atoms with E-state index < -0.39 is 0 Å². The van der Waals surface area contributed by atoms with Crippen LogP contribution in [0.2, 0.25) is 0 Å². The minimum Gasteiger partial charge on any atom is -0.103 e. The van der Waals surface area contributed by atoms with Crippen LogP contribution < -0.4 is 0 Å². The van der Waals surface area contributed by atoms with Crippen molar-refractivity contribution in [3.63, 3.8) is 0 Å². The van der Waals surface area contributed by atoms with Gasteiger partial charge >= 0.3 is 0 Å². The summed E-state index contributed by atoms with van der Waals surface area (Å²) in [5.41, 5.74) is 5.25. The van der Waals surface area contributed by atoms with Crippen molar-refractivity contribution >= 4 is 0 Å². The Morgan fingerprint density at radius 2 is 1.67 bits per heavy atom. The van der Waals surface area contributed by atoms with Gasteiger partial charge in [-0.15, -0.1) is 6.58 Å². The Balaban J connectivity index is 2.44. The average Bonchev–Trinajstić information content (AvgIpc) is 2.32. The molecule has 0 heteroatoms. The third kappa shape index (κ3) is 2.39. The van der Waals surface area contributed by atoms with Gasteiger partial charge in [0.25, 0.3) is 0 Å². The molecule has 98 valence electrons. The predicted molar refractivity (Wildman–Crippen MR) is 80.2 cm³/mol. The Labute approximate surface area is 112 Å². The van der Waals surface area contributed by atoms with Crippen LogP contribution in [-0.4, -0.2) is 0 Å². The minimum atomic E-state index is 0.328. The van der Waals surface area contributed by atoms with Gasteiger partial charge in [0.2, 0.25) is 0 Å². The molecule has 0 heterocycles. The smallest absolute Gasteiger partial charge is 0.0100 e. The van der Waals surface area contributed by atoms with Crippen molar-refractivity contribution in [2.75, 3.05) is 0 Å². The fourth-order valence-electron chi connectivity index (χ4n) is 3.06. The first-order valence-electron chi connectivity index (χ1n) is 7.12. The number of fused-ring (bicyclic) bond motifs is 1. The maximum Gasteiger partial charge on any atom is -0.0100 e. The predicted octanol–water partition coefficient (Wildman–Crippen LogP) is 5.15. The van der Waals surface area contributed by atoms with Gasteiger partial charge in [-0.3, -0.25) is 0 Å². The zero-order valence-corrected chi connectivity index (χ0v) is 12.3. The van der Waals surface area contributed by atoms with Crippen LogP contribution in [0.3, 0.4) is 0 Å². The third-order valence-electron chi connectivity index (χ3n) is 4.55. The second kappa shape index (κ2) is 4.57. The van der Waals surface area contributed by atoms with Crippen molar-refractivity contribution in [3.05, 3.63) is 47.5 Å². The van der Waals surface area contributed by atoms with Gasteiger partial charge < -0.3 is 0 Å². The van der Waals surface area contributed by atoms with Crippen molar-refractivity contribution in [1.82, 2.24) is 0 Å². The summed E-state index contributed by atoms with van der Waals surface area (Å²) in [7, 11) is 0. The van der Waals surface area contributed by atoms with Gasteiger partial charge in [0, 0.05) is 0 Å². The summed E-state index contributed by atoms with van der Waals surface area (Å²) in [5, 5.41) is 0. The summed E-state index contributed by atoms with van der Waals surface area (Å²) in [6.07, 6.45) is 6.78. The molecule has 0 spiro atoms. The number of aryl methyl sites for hydroxylation is 1. The number of allylic oxidation sites excluding steroid dienone is 1. The van der Waals surface area contributed by atoms with E-state index in [4.69, 9.17) is 0 Å². The molecule has 0 N–H and O–H groups in total. The molecular formula is C18H26. The van der Waals surface area contributed by atoms with E-state index in [1.807, 2.05) is 6.08 Å². The first kappa shape index (κ1) is 13.4. The van der Waals surface area contributed by atoms with Crippen LogP contribution in [0.5, 0.6) is 0 Å². The van der Waals surface area contributed by atoms with Crippen LogP contribution in [-0.2, 0) is 17.3 Å². The van der Waals surface area contributed by atoms with Crippen molar-refractivity contribution in [3.8, 4) is 0 Å². The molecule has 0 saturated carbocycles. The lowest BCUT2D eigenvalue weighted by Gasteiger charge is -2.42. The molecule has 0 unspecified atom stereocenters. The van der Waals surface area contributed by atoms with Crippen molar-refractivity contribution < 1.29 is 0 Å².